The highest BCUT2D eigenvalue weighted by Gasteiger charge is 2.27. The molecule has 0 radical (unpaired) electrons. The van der Waals surface area contributed by atoms with Crippen molar-refractivity contribution in [2.75, 3.05) is 6.54 Å². The van der Waals surface area contributed by atoms with Crippen LogP contribution in [-0.2, 0) is 6.42 Å². The summed E-state index contributed by atoms with van der Waals surface area (Å²) >= 11 is 6.19. The number of halogens is 2. The summed E-state index contributed by atoms with van der Waals surface area (Å²) in [5.74, 6) is 0.993. The van der Waals surface area contributed by atoms with Gasteiger partial charge in [-0.1, -0.05) is 30.5 Å². The molecule has 0 bridgehead atoms. The molecular weight excluding hydrogens is 285 g/mol. The molecule has 2 atom stereocenters. The first-order chi connectivity index (χ1) is 9.87. The number of hydrogen-bond donors (Lipinski definition) is 1. The van der Waals surface area contributed by atoms with Gasteiger partial charge in [-0.25, -0.2) is 4.39 Å². The summed E-state index contributed by atoms with van der Waals surface area (Å²) in [6, 6.07) is 5.00. The Bertz CT molecular complexity index is 447. The molecule has 1 nitrogen and oxygen atoms in total. The molecule has 0 heterocycles. The van der Waals surface area contributed by atoms with Crippen LogP contribution < -0.4 is 5.32 Å². The molecule has 0 aliphatic heterocycles. The second kappa shape index (κ2) is 7.11. The lowest BCUT2D eigenvalue weighted by atomic mass is 9.76. The lowest BCUT2D eigenvalue weighted by Gasteiger charge is -2.34. The molecule has 118 valence electrons. The van der Waals surface area contributed by atoms with Gasteiger partial charge in [0, 0.05) is 16.1 Å². The quantitative estimate of drug-likeness (QED) is 0.804. The smallest absolute Gasteiger partial charge is 0.127 e. The molecule has 1 saturated carbocycles. The molecule has 1 N–H and O–H groups in total. The monoisotopic (exact) mass is 311 g/mol. The number of benzene rings is 1. The minimum absolute atomic E-state index is 0.137. The Morgan fingerprint density at radius 3 is 2.48 bits per heavy atom. The Labute approximate surface area is 133 Å². The van der Waals surface area contributed by atoms with Gasteiger partial charge in [0.2, 0.25) is 0 Å². The Balaban J connectivity index is 2.05. The fourth-order valence-electron chi connectivity index (χ4n) is 3.25. The van der Waals surface area contributed by atoms with Gasteiger partial charge in [-0.3, -0.25) is 0 Å². The molecule has 1 fully saturated rings. The third-order valence-electron chi connectivity index (χ3n) is 4.49. The summed E-state index contributed by atoms with van der Waals surface area (Å²) in [5.41, 5.74) is 0.837. The highest BCUT2D eigenvalue weighted by molar-refractivity contribution is 6.31. The zero-order chi connectivity index (χ0) is 15.5. The molecular formula is C18H27ClFN. The van der Waals surface area contributed by atoms with Gasteiger partial charge in [-0.15, -0.1) is 0 Å². The van der Waals surface area contributed by atoms with Crippen molar-refractivity contribution in [3.63, 3.8) is 0 Å². The summed E-state index contributed by atoms with van der Waals surface area (Å²) < 4.78 is 14.0. The SMILES string of the molecule is CC(C)(C)NCC1CCCCC1Cc1c(F)cccc1Cl. The summed E-state index contributed by atoms with van der Waals surface area (Å²) in [6.45, 7) is 7.59. The number of rotatable bonds is 4. The van der Waals surface area contributed by atoms with Crippen LogP contribution in [0.5, 0.6) is 0 Å². The average Bonchev–Trinajstić information content (AvgIpc) is 2.41. The van der Waals surface area contributed by atoms with E-state index in [1.165, 1.54) is 31.7 Å². The van der Waals surface area contributed by atoms with Gasteiger partial charge in [0.25, 0.3) is 0 Å². The second-order valence-electron chi connectivity index (χ2n) is 7.34. The van der Waals surface area contributed by atoms with Crippen molar-refractivity contribution in [2.45, 2.75) is 58.4 Å². The highest BCUT2D eigenvalue weighted by atomic mass is 35.5. The van der Waals surface area contributed by atoms with E-state index in [0.717, 1.165) is 13.0 Å². The van der Waals surface area contributed by atoms with Crippen molar-refractivity contribution in [3.05, 3.63) is 34.6 Å². The Morgan fingerprint density at radius 1 is 1.19 bits per heavy atom. The fourth-order valence-corrected chi connectivity index (χ4v) is 3.49. The Kier molecular flexibility index (Phi) is 5.67. The molecule has 1 aromatic rings. The molecule has 2 unspecified atom stereocenters. The first-order valence-electron chi connectivity index (χ1n) is 8.05. The molecule has 0 spiro atoms. The Hall–Kier alpha value is -0.600. The Morgan fingerprint density at radius 2 is 1.86 bits per heavy atom. The van der Waals surface area contributed by atoms with Gasteiger partial charge >= 0.3 is 0 Å². The summed E-state index contributed by atoms with van der Waals surface area (Å²) in [7, 11) is 0. The lowest BCUT2D eigenvalue weighted by Crippen LogP contribution is -2.41. The van der Waals surface area contributed by atoms with E-state index in [2.05, 4.69) is 26.1 Å². The van der Waals surface area contributed by atoms with E-state index in [1.807, 2.05) is 0 Å². The van der Waals surface area contributed by atoms with E-state index in [0.29, 0.717) is 22.4 Å². The fraction of sp³-hybridized carbons (Fsp3) is 0.667. The largest absolute Gasteiger partial charge is 0.312 e. The van der Waals surface area contributed by atoms with Crippen LogP contribution in [0.3, 0.4) is 0 Å². The van der Waals surface area contributed by atoms with Gasteiger partial charge in [-0.05, 0) is 70.5 Å². The van der Waals surface area contributed by atoms with Crippen molar-refractivity contribution in [3.8, 4) is 0 Å². The summed E-state index contributed by atoms with van der Waals surface area (Å²) in [5, 5.41) is 4.18. The van der Waals surface area contributed by atoms with Crippen LogP contribution >= 0.6 is 11.6 Å². The second-order valence-corrected chi connectivity index (χ2v) is 7.75. The molecule has 0 aromatic heterocycles. The minimum Gasteiger partial charge on any atom is -0.312 e. The van der Waals surface area contributed by atoms with E-state index in [1.54, 1.807) is 12.1 Å². The topological polar surface area (TPSA) is 12.0 Å². The van der Waals surface area contributed by atoms with Gasteiger partial charge in [0.1, 0.15) is 5.82 Å². The van der Waals surface area contributed by atoms with Crippen LogP contribution in [0.1, 0.15) is 52.0 Å². The molecule has 0 amide bonds. The molecule has 21 heavy (non-hydrogen) atoms. The predicted octanol–water partition coefficient (Wildman–Crippen LogP) is 5.22. The maximum Gasteiger partial charge on any atom is 0.127 e. The van der Waals surface area contributed by atoms with Crippen LogP contribution in [0.15, 0.2) is 18.2 Å². The minimum atomic E-state index is -0.157. The summed E-state index contributed by atoms with van der Waals surface area (Å²) in [4.78, 5) is 0. The number of nitrogens with one attached hydrogen (secondary N) is 1. The van der Waals surface area contributed by atoms with Crippen molar-refractivity contribution < 1.29 is 4.39 Å². The zero-order valence-corrected chi connectivity index (χ0v) is 14.1. The van der Waals surface area contributed by atoms with E-state index in [4.69, 9.17) is 11.6 Å². The first-order valence-corrected chi connectivity index (χ1v) is 8.42. The molecule has 3 heteroatoms. The predicted molar refractivity (Wildman–Crippen MR) is 88.3 cm³/mol. The van der Waals surface area contributed by atoms with Crippen molar-refractivity contribution >= 4 is 11.6 Å². The van der Waals surface area contributed by atoms with Crippen LogP contribution in [0.25, 0.3) is 0 Å². The van der Waals surface area contributed by atoms with Gasteiger partial charge < -0.3 is 5.32 Å². The van der Waals surface area contributed by atoms with E-state index >= 15 is 0 Å². The van der Waals surface area contributed by atoms with E-state index < -0.39 is 0 Å². The van der Waals surface area contributed by atoms with E-state index in [-0.39, 0.29) is 11.4 Å². The third kappa shape index (κ3) is 4.96. The maximum atomic E-state index is 14.0. The first kappa shape index (κ1) is 16.8. The van der Waals surface area contributed by atoms with Crippen LogP contribution in [0, 0.1) is 17.7 Å². The van der Waals surface area contributed by atoms with Crippen LogP contribution in [-0.4, -0.2) is 12.1 Å². The highest BCUT2D eigenvalue weighted by Crippen LogP contribution is 2.34. The van der Waals surface area contributed by atoms with Crippen LogP contribution in [0.2, 0.25) is 5.02 Å². The lowest BCUT2D eigenvalue weighted by molar-refractivity contribution is 0.212. The average molecular weight is 312 g/mol. The zero-order valence-electron chi connectivity index (χ0n) is 13.4. The van der Waals surface area contributed by atoms with Crippen molar-refractivity contribution in [1.29, 1.82) is 0 Å². The van der Waals surface area contributed by atoms with Gasteiger partial charge in [0.05, 0.1) is 0 Å². The molecule has 2 rings (SSSR count). The van der Waals surface area contributed by atoms with Gasteiger partial charge in [0.15, 0.2) is 0 Å². The standard InChI is InChI=1S/C18H27ClFN/c1-18(2,3)21-12-14-8-5-4-7-13(14)11-15-16(19)9-6-10-17(15)20/h6,9-10,13-14,21H,4-5,7-8,11-12H2,1-3H3. The summed E-state index contributed by atoms with van der Waals surface area (Å²) in [6.07, 6.45) is 5.73. The van der Waals surface area contributed by atoms with Crippen molar-refractivity contribution in [2.24, 2.45) is 11.8 Å². The third-order valence-corrected chi connectivity index (χ3v) is 4.84. The molecule has 1 aliphatic rings. The maximum absolute atomic E-state index is 14.0. The van der Waals surface area contributed by atoms with Crippen LogP contribution in [0.4, 0.5) is 4.39 Å². The number of hydrogen-bond acceptors (Lipinski definition) is 1. The van der Waals surface area contributed by atoms with Crippen molar-refractivity contribution in [1.82, 2.24) is 5.32 Å². The molecule has 1 aromatic carbocycles. The normalized spacial score (nSPS) is 23.3. The molecule has 1 aliphatic carbocycles. The van der Waals surface area contributed by atoms with E-state index in [9.17, 15) is 4.39 Å². The molecule has 0 saturated heterocycles. The van der Waals surface area contributed by atoms with Gasteiger partial charge in [-0.2, -0.15) is 0 Å².